The van der Waals surface area contributed by atoms with Crippen molar-refractivity contribution in [2.75, 3.05) is 13.2 Å². The smallest absolute Gasteiger partial charge is 0.338 e. The molecule has 1 rings (SSSR count). The summed E-state index contributed by atoms with van der Waals surface area (Å²) in [4.78, 5) is 24.2. The monoisotopic (exact) mass is 376 g/mol. The lowest BCUT2D eigenvalue weighted by Gasteiger charge is -2.08. The molecule has 0 saturated heterocycles. The first-order valence-electron chi connectivity index (χ1n) is 10.5. The average Bonchev–Trinajstić information content (AvgIpc) is 2.66. The average molecular weight is 377 g/mol. The lowest BCUT2D eigenvalue weighted by Crippen LogP contribution is -2.10. The summed E-state index contributed by atoms with van der Waals surface area (Å²) >= 11 is 0. The van der Waals surface area contributed by atoms with Crippen LogP contribution in [-0.4, -0.2) is 25.2 Å². The summed E-state index contributed by atoms with van der Waals surface area (Å²) in [5.41, 5.74) is 0.795. The second-order valence-corrected chi connectivity index (χ2v) is 7.51. The molecule has 0 atom stereocenters. The Morgan fingerprint density at radius 1 is 0.815 bits per heavy atom. The molecule has 4 nitrogen and oxygen atoms in total. The maximum Gasteiger partial charge on any atom is 0.338 e. The highest BCUT2D eigenvalue weighted by molar-refractivity contribution is 5.95. The van der Waals surface area contributed by atoms with Crippen molar-refractivity contribution in [1.82, 2.24) is 0 Å². The van der Waals surface area contributed by atoms with Crippen molar-refractivity contribution in [3.8, 4) is 0 Å². The van der Waals surface area contributed by atoms with Gasteiger partial charge in [-0.2, -0.15) is 0 Å². The normalized spacial score (nSPS) is 10.8. The SMILES string of the molecule is CCCCCCOC(=O)c1cccc(C(=O)OCCCCCCC(C)C)c1. The fraction of sp³-hybridized carbons (Fsp3) is 0.652. The number of carbonyl (C=O) groups is 2. The number of carbonyl (C=O) groups excluding carboxylic acids is 2. The first-order chi connectivity index (χ1) is 13.0. The summed E-state index contributed by atoms with van der Waals surface area (Å²) < 4.78 is 10.6. The van der Waals surface area contributed by atoms with Crippen LogP contribution in [0.15, 0.2) is 24.3 Å². The van der Waals surface area contributed by atoms with Crippen LogP contribution in [0.1, 0.15) is 99.3 Å². The molecule has 0 aromatic heterocycles. The van der Waals surface area contributed by atoms with E-state index < -0.39 is 0 Å². The maximum atomic E-state index is 12.2. The van der Waals surface area contributed by atoms with Crippen molar-refractivity contribution in [2.24, 2.45) is 5.92 Å². The topological polar surface area (TPSA) is 52.6 Å². The van der Waals surface area contributed by atoms with E-state index in [-0.39, 0.29) is 11.9 Å². The number of hydrogen-bond acceptors (Lipinski definition) is 4. The molecule has 0 radical (unpaired) electrons. The lowest BCUT2D eigenvalue weighted by molar-refractivity contribution is 0.0496. The number of unbranched alkanes of at least 4 members (excludes halogenated alkanes) is 6. The van der Waals surface area contributed by atoms with E-state index in [1.807, 2.05) is 0 Å². The van der Waals surface area contributed by atoms with Gasteiger partial charge in [0.25, 0.3) is 0 Å². The van der Waals surface area contributed by atoms with Crippen LogP contribution in [0.2, 0.25) is 0 Å². The Morgan fingerprint density at radius 3 is 1.85 bits per heavy atom. The van der Waals surface area contributed by atoms with Gasteiger partial charge in [-0.05, 0) is 37.0 Å². The molecule has 0 unspecified atom stereocenters. The molecule has 0 bridgehead atoms. The second-order valence-electron chi connectivity index (χ2n) is 7.51. The van der Waals surface area contributed by atoms with E-state index in [0.717, 1.165) is 44.4 Å². The van der Waals surface area contributed by atoms with Gasteiger partial charge in [0.1, 0.15) is 0 Å². The largest absolute Gasteiger partial charge is 0.462 e. The van der Waals surface area contributed by atoms with Gasteiger partial charge in [-0.15, -0.1) is 0 Å². The van der Waals surface area contributed by atoms with Crippen molar-refractivity contribution >= 4 is 11.9 Å². The molecular weight excluding hydrogens is 340 g/mol. The lowest BCUT2D eigenvalue weighted by atomic mass is 10.0. The summed E-state index contributed by atoms with van der Waals surface area (Å²) in [6.45, 7) is 7.46. The highest BCUT2D eigenvalue weighted by Crippen LogP contribution is 2.12. The molecule has 0 amide bonds. The maximum absolute atomic E-state index is 12.2. The standard InChI is InChI=1S/C23H36O4/c1-4-5-6-10-16-26-22(24)20-14-12-15-21(18-20)23(25)27-17-11-8-7-9-13-19(2)3/h12,14-15,18-19H,4-11,13,16-17H2,1-3H3. The molecule has 152 valence electrons. The van der Waals surface area contributed by atoms with Gasteiger partial charge in [0, 0.05) is 0 Å². The Kier molecular flexibility index (Phi) is 12.2. The van der Waals surface area contributed by atoms with Crippen LogP contribution < -0.4 is 0 Å². The molecule has 0 N–H and O–H groups in total. The molecule has 4 heteroatoms. The minimum absolute atomic E-state index is 0.380. The molecule has 0 aliphatic carbocycles. The molecule has 0 heterocycles. The first kappa shape index (κ1) is 23.2. The predicted molar refractivity (Wildman–Crippen MR) is 109 cm³/mol. The number of hydrogen-bond donors (Lipinski definition) is 0. The van der Waals surface area contributed by atoms with E-state index in [9.17, 15) is 9.59 Å². The van der Waals surface area contributed by atoms with Gasteiger partial charge in [0.2, 0.25) is 0 Å². The molecule has 0 aliphatic rings. The zero-order valence-corrected chi connectivity index (χ0v) is 17.3. The van der Waals surface area contributed by atoms with Gasteiger partial charge in [-0.3, -0.25) is 0 Å². The summed E-state index contributed by atoms with van der Waals surface area (Å²) in [5, 5.41) is 0. The fourth-order valence-corrected chi connectivity index (χ4v) is 2.81. The molecule has 1 aromatic rings. The Balaban J connectivity index is 2.30. The van der Waals surface area contributed by atoms with E-state index in [2.05, 4.69) is 20.8 Å². The van der Waals surface area contributed by atoms with Crippen molar-refractivity contribution in [1.29, 1.82) is 0 Å². The summed E-state index contributed by atoms with van der Waals surface area (Å²) in [5.74, 6) is -0.0146. The number of esters is 2. The molecule has 0 spiro atoms. The Bertz CT molecular complexity index is 551. The van der Waals surface area contributed by atoms with E-state index >= 15 is 0 Å². The van der Waals surface area contributed by atoms with Gasteiger partial charge in [0.15, 0.2) is 0 Å². The fourth-order valence-electron chi connectivity index (χ4n) is 2.81. The molecule has 27 heavy (non-hydrogen) atoms. The van der Waals surface area contributed by atoms with Crippen molar-refractivity contribution in [2.45, 2.75) is 78.6 Å². The Labute approximate surface area is 164 Å². The minimum Gasteiger partial charge on any atom is -0.462 e. The van der Waals surface area contributed by atoms with Crippen molar-refractivity contribution in [3.63, 3.8) is 0 Å². The predicted octanol–water partition coefficient (Wildman–Crippen LogP) is 6.19. The van der Waals surface area contributed by atoms with Crippen LogP contribution in [0.3, 0.4) is 0 Å². The van der Waals surface area contributed by atoms with E-state index in [1.54, 1.807) is 24.3 Å². The van der Waals surface area contributed by atoms with E-state index in [1.165, 1.54) is 19.3 Å². The van der Waals surface area contributed by atoms with Gasteiger partial charge >= 0.3 is 11.9 Å². The van der Waals surface area contributed by atoms with Crippen LogP contribution in [0.4, 0.5) is 0 Å². The highest BCUT2D eigenvalue weighted by atomic mass is 16.5. The zero-order chi connectivity index (χ0) is 19.9. The minimum atomic E-state index is -0.383. The Morgan fingerprint density at radius 2 is 1.33 bits per heavy atom. The van der Waals surface area contributed by atoms with Crippen LogP contribution >= 0.6 is 0 Å². The second kappa shape index (κ2) is 14.2. The van der Waals surface area contributed by atoms with E-state index in [4.69, 9.17) is 9.47 Å². The third-order valence-corrected chi connectivity index (χ3v) is 4.47. The molecule has 0 saturated carbocycles. The molecule has 1 aromatic carbocycles. The zero-order valence-electron chi connectivity index (χ0n) is 17.3. The van der Waals surface area contributed by atoms with Gasteiger partial charge in [-0.1, -0.05) is 71.8 Å². The molecule has 0 fully saturated rings. The third kappa shape index (κ3) is 10.8. The quantitative estimate of drug-likeness (QED) is 0.287. The van der Waals surface area contributed by atoms with Crippen molar-refractivity contribution < 1.29 is 19.1 Å². The Hall–Kier alpha value is -1.84. The summed E-state index contributed by atoms with van der Waals surface area (Å²) in [6.07, 6.45) is 9.84. The first-order valence-corrected chi connectivity index (χ1v) is 10.5. The third-order valence-electron chi connectivity index (χ3n) is 4.47. The number of ether oxygens (including phenoxy) is 2. The van der Waals surface area contributed by atoms with Gasteiger partial charge in [-0.25, -0.2) is 9.59 Å². The molecule has 0 aliphatic heterocycles. The number of rotatable bonds is 14. The summed E-state index contributed by atoms with van der Waals surface area (Å²) in [7, 11) is 0. The van der Waals surface area contributed by atoms with Gasteiger partial charge in [0.05, 0.1) is 24.3 Å². The highest BCUT2D eigenvalue weighted by Gasteiger charge is 2.12. The van der Waals surface area contributed by atoms with Crippen LogP contribution in [0.25, 0.3) is 0 Å². The van der Waals surface area contributed by atoms with Crippen LogP contribution in [-0.2, 0) is 9.47 Å². The van der Waals surface area contributed by atoms with Crippen LogP contribution in [0, 0.1) is 5.92 Å². The number of benzene rings is 1. The van der Waals surface area contributed by atoms with Crippen molar-refractivity contribution in [3.05, 3.63) is 35.4 Å². The summed E-state index contributed by atoms with van der Waals surface area (Å²) in [6, 6.07) is 6.58. The van der Waals surface area contributed by atoms with E-state index in [0.29, 0.717) is 24.3 Å². The molecular formula is C23H36O4. The van der Waals surface area contributed by atoms with Gasteiger partial charge < -0.3 is 9.47 Å². The van der Waals surface area contributed by atoms with Crippen LogP contribution in [0.5, 0.6) is 0 Å².